The van der Waals surface area contributed by atoms with Crippen LogP contribution in [0.25, 0.3) is 0 Å². The highest BCUT2D eigenvalue weighted by Gasteiger charge is 2.11. The van der Waals surface area contributed by atoms with Gasteiger partial charge in [0.05, 0.1) is 5.56 Å². The fourth-order valence-electron chi connectivity index (χ4n) is 1.68. The van der Waals surface area contributed by atoms with E-state index in [0.29, 0.717) is 23.0 Å². The second kappa shape index (κ2) is 7.79. The lowest BCUT2D eigenvalue weighted by molar-refractivity contribution is 0.0696. The number of benzene rings is 1. The van der Waals surface area contributed by atoms with E-state index in [9.17, 15) is 9.59 Å². The first kappa shape index (κ1) is 16.4. The average molecular weight is 296 g/mol. The molecule has 3 N–H and O–H groups in total. The van der Waals surface area contributed by atoms with Crippen molar-refractivity contribution in [3.8, 4) is 0 Å². The highest BCUT2D eigenvalue weighted by atomic mass is 32.2. The lowest BCUT2D eigenvalue weighted by Gasteiger charge is -2.12. The molecule has 2 amide bonds. The molecule has 0 saturated carbocycles. The van der Waals surface area contributed by atoms with E-state index < -0.39 is 5.97 Å². The van der Waals surface area contributed by atoms with Gasteiger partial charge < -0.3 is 15.7 Å². The van der Waals surface area contributed by atoms with Gasteiger partial charge in [-0.3, -0.25) is 0 Å². The standard InChI is InChI=1S/C14H20N2O3S/c1-9(20-3)7-8-15-14(19)16-12-6-4-5-11(10(12)2)13(17)18/h4-6,9H,7-8H2,1-3H3,(H,17,18)(H2,15,16,19). The summed E-state index contributed by atoms with van der Waals surface area (Å²) >= 11 is 1.75. The summed E-state index contributed by atoms with van der Waals surface area (Å²) in [6.45, 7) is 4.37. The number of hydrogen-bond acceptors (Lipinski definition) is 3. The van der Waals surface area contributed by atoms with Crippen molar-refractivity contribution in [1.82, 2.24) is 5.32 Å². The Bertz CT molecular complexity index is 491. The first-order valence-electron chi connectivity index (χ1n) is 6.36. The normalized spacial score (nSPS) is 11.8. The Morgan fingerprint density at radius 2 is 2.10 bits per heavy atom. The highest BCUT2D eigenvalue weighted by Crippen LogP contribution is 2.18. The summed E-state index contributed by atoms with van der Waals surface area (Å²) in [7, 11) is 0. The molecule has 5 nitrogen and oxygen atoms in total. The molecule has 0 spiro atoms. The number of carboxylic acid groups (broad SMARTS) is 1. The second-order valence-electron chi connectivity index (χ2n) is 4.50. The summed E-state index contributed by atoms with van der Waals surface area (Å²) in [5.74, 6) is -1.000. The molecule has 1 aromatic rings. The van der Waals surface area contributed by atoms with Crippen molar-refractivity contribution < 1.29 is 14.7 Å². The number of carbonyl (C=O) groups excluding carboxylic acids is 1. The van der Waals surface area contributed by atoms with Gasteiger partial charge in [-0.2, -0.15) is 11.8 Å². The zero-order chi connectivity index (χ0) is 15.1. The van der Waals surface area contributed by atoms with Crippen LogP contribution in [0.2, 0.25) is 0 Å². The van der Waals surface area contributed by atoms with Crippen LogP contribution >= 0.6 is 11.8 Å². The molecule has 0 fully saturated rings. The molecule has 1 unspecified atom stereocenters. The fourth-order valence-corrected chi connectivity index (χ4v) is 2.03. The Balaban J connectivity index is 2.58. The van der Waals surface area contributed by atoms with Crippen LogP contribution in [0.3, 0.4) is 0 Å². The third-order valence-corrected chi connectivity index (χ3v) is 4.09. The molecular formula is C14H20N2O3S. The third kappa shape index (κ3) is 4.77. The van der Waals surface area contributed by atoms with Gasteiger partial charge in [0.25, 0.3) is 0 Å². The molecule has 0 radical (unpaired) electrons. The molecule has 0 aliphatic rings. The maximum absolute atomic E-state index is 11.7. The van der Waals surface area contributed by atoms with Crippen molar-refractivity contribution >= 4 is 29.4 Å². The molecule has 0 aliphatic heterocycles. The monoisotopic (exact) mass is 296 g/mol. The Kier molecular flexibility index (Phi) is 6.38. The second-order valence-corrected chi connectivity index (χ2v) is 5.78. The molecule has 1 aromatic carbocycles. The lowest BCUT2D eigenvalue weighted by atomic mass is 10.1. The van der Waals surface area contributed by atoms with E-state index in [-0.39, 0.29) is 11.6 Å². The van der Waals surface area contributed by atoms with Crippen LogP contribution in [0.4, 0.5) is 10.5 Å². The van der Waals surface area contributed by atoms with Gasteiger partial charge in [-0.05, 0) is 37.3 Å². The molecule has 110 valence electrons. The number of amides is 2. The molecule has 0 saturated heterocycles. The molecule has 1 rings (SSSR count). The van der Waals surface area contributed by atoms with Crippen molar-refractivity contribution in [2.75, 3.05) is 18.1 Å². The first-order chi connectivity index (χ1) is 9.45. The van der Waals surface area contributed by atoms with E-state index in [1.54, 1.807) is 30.8 Å². The molecule has 0 aromatic heterocycles. The minimum Gasteiger partial charge on any atom is -0.478 e. The predicted molar refractivity (Wildman–Crippen MR) is 82.8 cm³/mol. The molecule has 0 bridgehead atoms. The van der Waals surface area contributed by atoms with Gasteiger partial charge >= 0.3 is 12.0 Å². The Hall–Kier alpha value is -1.69. The minimum atomic E-state index is -1.000. The van der Waals surface area contributed by atoms with Crippen LogP contribution in [0.1, 0.15) is 29.3 Å². The Morgan fingerprint density at radius 3 is 2.70 bits per heavy atom. The number of aromatic carboxylic acids is 1. The summed E-state index contributed by atoms with van der Waals surface area (Å²) in [6, 6.07) is 4.50. The Morgan fingerprint density at radius 1 is 1.40 bits per heavy atom. The van der Waals surface area contributed by atoms with Crippen molar-refractivity contribution in [2.24, 2.45) is 0 Å². The van der Waals surface area contributed by atoms with Crippen molar-refractivity contribution in [3.63, 3.8) is 0 Å². The number of hydrogen-bond donors (Lipinski definition) is 3. The topological polar surface area (TPSA) is 78.4 Å². The predicted octanol–water partition coefficient (Wildman–Crippen LogP) is 2.96. The maximum atomic E-state index is 11.7. The first-order valence-corrected chi connectivity index (χ1v) is 7.65. The Labute approximate surface area is 123 Å². The molecule has 0 aliphatic carbocycles. The highest BCUT2D eigenvalue weighted by molar-refractivity contribution is 7.99. The van der Waals surface area contributed by atoms with Crippen LogP contribution < -0.4 is 10.6 Å². The quantitative estimate of drug-likeness (QED) is 0.754. The maximum Gasteiger partial charge on any atom is 0.336 e. The van der Waals surface area contributed by atoms with Gasteiger partial charge in [-0.15, -0.1) is 0 Å². The number of carbonyl (C=O) groups is 2. The zero-order valence-corrected chi connectivity index (χ0v) is 12.7. The van der Waals surface area contributed by atoms with Crippen LogP contribution in [-0.4, -0.2) is 35.2 Å². The molecule has 6 heteroatoms. The summed E-state index contributed by atoms with van der Waals surface area (Å²) in [6.07, 6.45) is 2.92. The van der Waals surface area contributed by atoms with E-state index in [1.165, 1.54) is 6.07 Å². The minimum absolute atomic E-state index is 0.193. The number of carboxylic acids is 1. The third-order valence-electron chi connectivity index (χ3n) is 3.05. The summed E-state index contributed by atoms with van der Waals surface area (Å²) in [5, 5.41) is 15.0. The number of anilines is 1. The van der Waals surface area contributed by atoms with Crippen LogP contribution in [0, 0.1) is 6.92 Å². The van der Waals surface area contributed by atoms with E-state index in [1.807, 2.05) is 6.26 Å². The van der Waals surface area contributed by atoms with E-state index in [2.05, 4.69) is 17.6 Å². The fraction of sp³-hybridized carbons (Fsp3) is 0.429. The number of nitrogens with one attached hydrogen (secondary N) is 2. The van der Waals surface area contributed by atoms with Crippen molar-refractivity contribution in [2.45, 2.75) is 25.5 Å². The largest absolute Gasteiger partial charge is 0.478 e. The molecule has 0 heterocycles. The van der Waals surface area contributed by atoms with Gasteiger partial charge in [-0.25, -0.2) is 9.59 Å². The van der Waals surface area contributed by atoms with Crippen molar-refractivity contribution in [3.05, 3.63) is 29.3 Å². The van der Waals surface area contributed by atoms with Crippen LogP contribution in [-0.2, 0) is 0 Å². The van der Waals surface area contributed by atoms with Gasteiger partial charge in [-0.1, -0.05) is 13.0 Å². The average Bonchev–Trinajstić information content (AvgIpc) is 2.40. The van der Waals surface area contributed by atoms with Crippen molar-refractivity contribution in [1.29, 1.82) is 0 Å². The summed E-state index contributed by atoms with van der Waals surface area (Å²) in [5.41, 5.74) is 1.26. The van der Waals surface area contributed by atoms with Gasteiger partial charge in [0.1, 0.15) is 0 Å². The summed E-state index contributed by atoms with van der Waals surface area (Å²) < 4.78 is 0. The number of rotatable bonds is 6. The molecule has 20 heavy (non-hydrogen) atoms. The van der Waals surface area contributed by atoms with E-state index in [4.69, 9.17) is 5.11 Å². The van der Waals surface area contributed by atoms with Gasteiger partial charge in [0, 0.05) is 17.5 Å². The van der Waals surface area contributed by atoms with Gasteiger partial charge in [0.2, 0.25) is 0 Å². The van der Waals surface area contributed by atoms with E-state index in [0.717, 1.165) is 6.42 Å². The number of urea groups is 1. The zero-order valence-electron chi connectivity index (χ0n) is 11.9. The molecule has 1 atom stereocenters. The summed E-state index contributed by atoms with van der Waals surface area (Å²) in [4.78, 5) is 22.7. The molecular weight excluding hydrogens is 276 g/mol. The lowest BCUT2D eigenvalue weighted by Crippen LogP contribution is -2.31. The van der Waals surface area contributed by atoms with Crippen LogP contribution in [0.5, 0.6) is 0 Å². The van der Waals surface area contributed by atoms with Crippen LogP contribution in [0.15, 0.2) is 18.2 Å². The van der Waals surface area contributed by atoms with Gasteiger partial charge in [0.15, 0.2) is 0 Å². The number of thioether (sulfide) groups is 1. The van der Waals surface area contributed by atoms with E-state index >= 15 is 0 Å². The smallest absolute Gasteiger partial charge is 0.336 e. The SMILES string of the molecule is CSC(C)CCNC(=O)Nc1cccc(C(=O)O)c1C.